The van der Waals surface area contributed by atoms with E-state index in [1.54, 1.807) is 0 Å². The summed E-state index contributed by atoms with van der Waals surface area (Å²) in [5.74, 6) is 0. The van der Waals surface area contributed by atoms with Crippen LogP contribution < -0.4 is 5.32 Å². The molecule has 2 heterocycles. The first-order valence-electron chi connectivity index (χ1n) is 7.33. The van der Waals surface area contributed by atoms with Gasteiger partial charge in [-0.2, -0.15) is 0 Å². The van der Waals surface area contributed by atoms with Crippen molar-refractivity contribution in [3.8, 4) is 0 Å². The minimum Gasteiger partial charge on any atom is -0.317 e. The lowest BCUT2D eigenvalue weighted by Gasteiger charge is -2.25. The van der Waals surface area contributed by atoms with Crippen molar-refractivity contribution in [2.75, 3.05) is 20.1 Å². The fourth-order valence-electron chi connectivity index (χ4n) is 2.51. The van der Waals surface area contributed by atoms with E-state index < -0.39 is 0 Å². The maximum absolute atomic E-state index is 4.60. The quantitative estimate of drug-likeness (QED) is 0.925. The molecule has 1 saturated heterocycles. The lowest BCUT2D eigenvalue weighted by Crippen LogP contribution is -2.31. The Morgan fingerprint density at radius 2 is 2.10 bits per heavy atom. The summed E-state index contributed by atoms with van der Waals surface area (Å²) in [6.07, 6.45) is 5.91. The monoisotopic (exact) mass is 317 g/mol. The Kier molecular flexibility index (Phi) is 6.92. The number of hydrogen-bond acceptors (Lipinski definition) is 4. The van der Waals surface area contributed by atoms with Crippen molar-refractivity contribution >= 4 is 23.7 Å². The molecule has 1 aromatic rings. The minimum atomic E-state index is 0. The van der Waals surface area contributed by atoms with Crippen LogP contribution in [-0.4, -0.2) is 36.1 Å². The summed E-state index contributed by atoms with van der Waals surface area (Å²) in [7, 11) is 2.24. The van der Waals surface area contributed by atoms with E-state index >= 15 is 0 Å². The smallest absolute Gasteiger partial charge is 0.107 e. The number of halogens is 1. The van der Waals surface area contributed by atoms with Gasteiger partial charge in [0, 0.05) is 17.1 Å². The minimum absolute atomic E-state index is 0. The Morgan fingerprint density at radius 1 is 1.35 bits per heavy atom. The third-order valence-corrected chi connectivity index (χ3v) is 5.25. The molecule has 1 aromatic heterocycles. The van der Waals surface area contributed by atoms with Gasteiger partial charge in [0.05, 0.1) is 6.54 Å². The van der Waals surface area contributed by atoms with Gasteiger partial charge in [0.25, 0.3) is 0 Å². The predicted molar refractivity (Wildman–Crippen MR) is 90.0 cm³/mol. The van der Waals surface area contributed by atoms with E-state index in [1.807, 2.05) is 11.3 Å². The number of nitrogens with zero attached hydrogens (tertiary/aromatic N) is 2. The molecule has 1 N–H and O–H groups in total. The summed E-state index contributed by atoms with van der Waals surface area (Å²) < 4.78 is 0. The molecule has 3 nitrogen and oxygen atoms in total. The molecular weight excluding hydrogens is 290 g/mol. The second-order valence-corrected chi connectivity index (χ2v) is 7.73. The van der Waals surface area contributed by atoms with Crippen molar-refractivity contribution in [1.82, 2.24) is 15.2 Å². The summed E-state index contributed by atoms with van der Waals surface area (Å²) in [5, 5.41) is 4.73. The summed E-state index contributed by atoms with van der Waals surface area (Å²) >= 11 is 1.87. The summed E-state index contributed by atoms with van der Waals surface area (Å²) in [6, 6.07) is 0.706. The molecule has 0 aliphatic carbocycles. The van der Waals surface area contributed by atoms with Gasteiger partial charge in [-0.25, -0.2) is 4.98 Å². The van der Waals surface area contributed by atoms with Crippen molar-refractivity contribution < 1.29 is 0 Å². The van der Waals surface area contributed by atoms with Crippen LogP contribution in [-0.2, 0) is 12.0 Å². The van der Waals surface area contributed by atoms with E-state index in [4.69, 9.17) is 0 Å². The van der Waals surface area contributed by atoms with Crippen molar-refractivity contribution in [3.63, 3.8) is 0 Å². The molecular formula is C15H28ClN3S. The molecule has 0 amide bonds. The van der Waals surface area contributed by atoms with E-state index in [1.165, 1.54) is 35.7 Å². The van der Waals surface area contributed by atoms with E-state index in [-0.39, 0.29) is 17.8 Å². The molecule has 5 heteroatoms. The number of hydrogen-bond donors (Lipinski definition) is 1. The van der Waals surface area contributed by atoms with Crippen molar-refractivity contribution in [2.24, 2.45) is 0 Å². The van der Waals surface area contributed by atoms with Crippen molar-refractivity contribution in [1.29, 1.82) is 0 Å². The van der Waals surface area contributed by atoms with Crippen LogP contribution in [0.1, 0.15) is 49.9 Å². The zero-order valence-corrected chi connectivity index (χ0v) is 14.7. The highest BCUT2D eigenvalue weighted by atomic mass is 35.5. The fraction of sp³-hybridized carbons (Fsp3) is 0.800. The topological polar surface area (TPSA) is 28.2 Å². The van der Waals surface area contributed by atoms with E-state index in [2.05, 4.69) is 49.2 Å². The Morgan fingerprint density at radius 3 is 2.75 bits per heavy atom. The van der Waals surface area contributed by atoms with Crippen molar-refractivity contribution in [3.05, 3.63) is 16.1 Å². The predicted octanol–water partition coefficient (Wildman–Crippen LogP) is 3.44. The number of rotatable bonds is 3. The molecule has 0 radical (unpaired) electrons. The zero-order valence-electron chi connectivity index (χ0n) is 13.1. The average molecular weight is 318 g/mol. The maximum atomic E-state index is 4.60. The molecule has 20 heavy (non-hydrogen) atoms. The van der Waals surface area contributed by atoms with Gasteiger partial charge in [0.15, 0.2) is 0 Å². The molecule has 1 aliphatic heterocycles. The number of aromatic nitrogens is 1. The molecule has 0 bridgehead atoms. The number of nitrogens with one attached hydrogen (secondary N) is 1. The van der Waals surface area contributed by atoms with Gasteiger partial charge in [-0.15, -0.1) is 23.7 Å². The van der Waals surface area contributed by atoms with Gasteiger partial charge < -0.3 is 5.32 Å². The maximum Gasteiger partial charge on any atom is 0.107 e. The summed E-state index contributed by atoms with van der Waals surface area (Å²) in [5.41, 5.74) is 0.223. The van der Waals surface area contributed by atoms with E-state index in [0.717, 1.165) is 13.1 Å². The van der Waals surface area contributed by atoms with Gasteiger partial charge in [-0.1, -0.05) is 20.8 Å². The van der Waals surface area contributed by atoms with Crippen LogP contribution in [0.5, 0.6) is 0 Å². The Bertz CT molecular complexity index is 392. The molecule has 1 unspecified atom stereocenters. The van der Waals surface area contributed by atoms with Gasteiger partial charge in [-0.05, 0) is 44.8 Å². The lowest BCUT2D eigenvalue weighted by molar-refractivity contribution is 0.216. The van der Waals surface area contributed by atoms with Crippen LogP contribution in [0.4, 0.5) is 0 Å². The standard InChI is InChI=1S/C15H27N3S.ClH/c1-15(2,3)13-10-17-14(19-13)11-18(4)12-6-5-8-16-9-7-12;/h10,12,16H,5-9,11H2,1-4H3;1H. The highest BCUT2D eigenvalue weighted by Crippen LogP contribution is 2.28. The van der Waals surface area contributed by atoms with Crippen molar-refractivity contribution in [2.45, 2.75) is 58.0 Å². The van der Waals surface area contributed by atoms with E-state index in [0.29, 0.717) is 6.04 Å². The largest absolute Gasteiger partial charge is 0.317 e. The molecule has 0 aromatic carbocycles. The van der Waals surface area contributed by atoms with Crippen LogP contribution in [0.15, 0.2) is 6.20 Å². The molecule has 0 saturated carbocycles. The SMILES string of the molecule is CN(Cc1ncc(C(C)(C)C)s1)C1CCCNCC1.Cl. The molecule has 2 rings (SSSR count). The lowest BCUT2D eigenvalue weighted by atomic mass is 9.96. The highest BCUT2D eigenvalue weighted by Gasteiger charge is 2.20. The van der Waals surface area contributed by atoms with Gasteiger partial charge in [0.2, 0.25) is 0 Å². The number of thiazole rings is 1. The second kappa shape index (κ2) is 7.74. The molecule has 1 fully saturated rings. The Labute approximate surface area is 133 Å². The molecule has 116 valence electrons. The molecule has 0 spiro atoms. The third kappa shape index (κ3) is 4.99. The fourth-order valence-corrected chi connectivity index (χ4v) is 3.55. The molecule has 1 atom stereocenters. The Balaban J connectivity index is 0.00000200. The Hall–Kier alpha value is -0.160. The zero-order chi connectivity index (χ0) is 13.9. The second-order valence-electron chi connectivity index (χ2n) is 6.62. The summed E-state index contributed by atoms with van der Waals surface area (Å²) in [6.45, 7) is 10.1. The van der Waals surface area contributed by atoms with Crippen LogP contribution >= 0.6 is 23.7 Å². The third-order valence-electron chi connectivity index (χ3n) is 3.85. The first-order valence-corrected chi connectivity index (χ1v) is 8.14. The summed E-state index contributed by atoms with van der Waals surface area (Å²) in [4.78, 5) is 8.47. The van der Waals surface area contributed by atoms with Crippen LogP contribution in [0.2, 0.25) is 0 Å². The van der Waals surface area contributed by atoms with Crippen LogP contribution in [0.3, 0.4) is 0 Å². The van der Waals surface area contributed by atoms with Gasteiger partial charge in [0.1, 0.15) is 5.01 Å². The normalized spacial score (nSPS) is 20.6. The highest BCUT2D eigenvalue weighted by molar-refractivity contribution is 7.11. The van der Waals surface area contributed by atoms with Crippen LogP contribution in [0, 0.1) is 0 Å². The van der Waals surface area contributed by atoms with E-state index in [9.17, 15) is 0 Å². The van der Waals surface area contributed by atoms with Gasteiger partial charge in [-0.3, -0.25) is 4.90 Å². The first-order chi connectivity index (χ1) is 8.97. The van der Waals surface area contributed by atoms with Gasteiger partial charge >= 0.3 is 0 Å². The molecule has 1 aliphatic rings. The van der Waals surface area contributed by atoms with Crippen LogP contribution in [0.25, 0.3) is 0 Å². The first kappa shape index (κ1) is 17.9. The average Bonchev–Trinajstić information content (AvgIpc) is 2.63.